The van der Waals surface area contributed by atoms with Gasteiger partial charge in [-0.05, 0) is 79.6 Å². The zero-order chi connectivity index (χ0) is 19.5. The Labute approximate surface area is 163 Å². The number of carbonyl (C=O) groups is 2. The number of likely N-dealkylation sites (tertiary alicyclic amines) is 1. The van der Waals surface area contributed by atoms with Crippen LogP contribution in [0.5, 0.6) is 0 Å². The Balaban J connectivity index is 1.27. The molecular formula is C22H24FN3O2. The molecule has 28 heavy (non-hydrogen) atoms. The van der Waals surface area contributed by atoms with E-state index < -0.39 is 0 Å². The second-order valence-corrected chi connectivity index (χ2v) is 7.51. The van der Waals surface area contributed by atoms with Crippen molar-refractivity contribution in [3.05, 3.63) is 65.0 Å². The van der Waals surface area contributed by atoms with Crippen LogP contribution >= 0.6 is 0 Å². The van der Waals surface area contributed by atoms with Crippen molar-refractivity contribution in [3.8, 4) is 0 Å². The molecule has 0 bridgehead atoms. The van der Waals surface area contributed by atoms with E-state index in [0.29, 0.717) is 31.6 Å². The average Bonchev–Trinajstić information content (AvgIpc) is 3.17. The second kappa shape index (κ2) is 8.00. The largest absolute Gasteiger partial charge is 0.338 e. The van der Waals surface area contributed by atoms with E-state index in [1.54, 1.807) is 0 Å². The molecule has 0 radical (unpaired) electrons. The van der Waals surface area contributed by atoms with Crippen LogP contribution in [0.25, 0.3) is 0 Å². The zero-order valence-corrected chi connectivity index (χ0v) is 15.7. The fourth-order valence-electron chi connectivity index (χ4n) is 4.00. The number of amides is 3. The van der Waals surface area contributed by atoms with Crippen LogP contribution < -0.4 is 10.6 Å². The van der Waals surface area contributed by atoms with Crippen LogP contribution in [0, 0.1) is 5.82 Å². The van der Waals surface area contributed by atoms with Gasteiger partial charge in [0.2, 0.25) is 0 Å². The van der Waals surface area contributed by atoms with Crippen LogP contribution in [0.1, 0.15) is 40.7 Å². The highest BCUT2D eigenvalue weighted by molar-refractivity contribution is 5.94. The number of aryl methyl sites for hydroxylation is 2. The maximum absolute atomic E-state index is 12.9. The number of benzene rings is 2. The molecule has 1 aliphatic heterocycles. The number of halogens is 1. The molecule has 0 aromatic heterocycles. The highest BCUT2D eigenvalue weighted by Crippen LogP contribution is 2.24. The Morgan fingerprint density at radius 1 is 0.964 bits per heavy atom. The Morgan fingerprint density at radius 3 is 2.43 bits per heavy atom. The minimum atomic E-state index is -0.341. The van der Waals surface area contributed by atoms with E-state index in [-0.39, 0.29) is 23.8 Å². The lowest BCUT2D eigenvalue weighted by atomic mass is 10.0. The third kappa shape index (κ3) is 4.16. The summed E-state index contributed by atoms with van der Waals surface area (Å²) in [4.78, 5) is 26.8. The molecule has 1 aliphatic carbocycles. The third-order valence-corrected chi connectivity index (χ3v) is 5.56. The van der Waals surface area contributed by atoms with Crippen molar-refractivity contribution in [2.75, 3.05) is 18.4 Å². The van der Waals surface area contributed by atoms with Crippen molar-refractivity contribution in [2.24, 2.45) is 0 Å². The van der Waals surface area contributed by atoms with Crippen LogP contribution in [-0.2, 0) is 12.8 Å². The Hall–Kier alpha value is -2.89. The molecule has 3 amide bonds. The number of rotatable bonds is 3. The number of anilines is 1. The van der Waals surface area contributed by atoms with Crippen molar-refractivity contribution in [3.63, 3.8) is 0 Å². The van der Waals surface area contributed by atoms with Crippen molar-refractivity contribution >= 4 is 17.6 Å². The Morgan fingerprint density at radius 2 is 1.68 bits per heavy atom. The number of nitrogens with one attached hydrogen (secondary N) is 2. The smallest absolute Gasteiger partial charge is 0.319 e. The molecule has 1 fully saturated rings. The third-order valence-electron chi connectivity index (χ3n) is 5.56. The minimum Gasteiger partial charge on any atom is -0.338 e. The molecule has 0 spiro atoms. The highest BCUT2D eigenvalue weighted by atomic mass is 19.1. The lowest BCUT2D eigenvalue weighted by Gasteiger charge is -2.32. The summed E-state index contributed by atoms with van der Waals surface area (Å²) in [5, 5.41) is 5.64. The minimum absolute atomic E-state index is 0.0181. The van der Waals surface area contributed by atoms with Crippen molar-refractivity contribution in [2.45, 2.75) is 38.1 Å². The van der Waals surface area contributed by atoms with Gasteiger partial charge in [-0.1, -0.05) is 6.07 Å². The molecule has 0 saturated carbocycles. The molecule has 0 unspecified atom stereocenters. The molecule has 2 aromatic rings. The van der Waals surface area contributed by atoms with Crippen LogP contribution in [0.3, 0.4) is 0 Å². The maximum Gasteiger partial charge on any atom is 0.319 e. The maximum atomic E-state index is 12.9. The lowest BCUT2D eigenvalue weighted by Crippen LogP contribution is -2.47. The summed E-state index contributed by atoms with van der Waals surface area (Å²) >= 11 is 0. The number of fused-ring (bicyclic) bond motifs is 1. The first kappa shape index (κ1) is 18.5. The first-order valence-electron chi connectivity index (χ1n) is 9.82. The molecule has 1 heterocycles. The van der Waals surface area contributed by atoms with E-state index >= 15 is 0 Å². The standard InChI is InChI=1S/C22H24FN3O2/c23-18-6-8-19(9-7-18)24-22(28)25-20-10-12-26(13-11-20)21(27)17-5-4-15-2-1-3-16(15)14-17/h4-9,14,20H,1-3,10-13H2,(H2,24,25,28). The van der Waals surface area contributed by atoms with Gasteiger partial charge >= 0.3 is 6.03 Å². The van der Waals surface area contributed by atoms with Gasteiger partial charge in [0.1, 0.15) is 5.82 Å². The molecule has 4 rings (SSSR count). The molecule has 2 N–H and O–H groups in total. The second-order valence-electron chi connectivity index (χ2n) is 7.51. The van der Waals surface area contributed by atoms with E-state index in [1.165, 1.54) is 41.8 Å². The van der Waals surface area contributed by atoms with E-state index in [1.807, 2.05) is 17.0 Å². The zero-order valence-electron chi connectivity index (χ0n) is 15.7. The van der Waals surface area contributed by atoms with E-state index in [2.05, 4.69) is 16.7 Å². The highest BCUT2D eigenvalue weighted by Gasteiger charge is 2.25. The van der Waals surface area contributed by atoms with E-state index in [4.69, 9.17) is 0 Å². The van der Waals surface area contributed by atoms with Gasteiger partial charge in [0, 0.05) is 30.4 Å². The van der Waals surface area contributed by atoms with Crippen molar-refractivity contribution in [1.82, 2.24) is 10.2 Å². The summed E-state index contributed by atoms with van der Waals surface area (Å²) in [7, 11) is 0. The first-order valence-corrected chi connectivity index (χ1v) is 9.82. The molecule has 146 valence electrons. The normalized spacial score (nSPS) is 16.5. The predicted molar refractivity (Wildman–Crippen MR) is 106 cm³/mol. The Bertz CT molecular complexity index is 874. The van der Waals surface area contributed by atoms with Gasteiger partial charge in [-0.3, -0.25) is 4.79 Å². The van der Waals surface area contributed by atoms with Crippen LogP contribution in [0.4, 0.5) is 14.9 Å². The van der Waals surface area contributed by atoms with E-state index in [0.717, 1.165) is 18.4 Å². The van der Waals surface area contributed by atoms with Crippen molar-refractivity contribution < 1.29 is 14.0 Å². The van der Waals surface area contributed by atoms with Gasteiger partial charge in [-0.25, -0.2) is 9.18 Å². The predicted octanol–water partition coefficient (Wildman–Crippen LogP) is 3.74. The summed E-state index contributed by atoms with van der Waals surface area (Å²) in [5.41, 5.74) is 3.98. The Kier molecular flexibility index (Phi) is 5.28. The first-order chi connectivity index (χ1) is 13.6. The summed E-state index contributed by atoms with van der Waals surface area (Å²) in [5.74, 6) is -0.268. The van der Waals surface area contributed by atoms with Crippen LogP contribution in [-0.4, -0.2) is 36.0 Å². The number of piperidine rings is 1. The summed E-state index contributed by atoms with van der Waals surface area (Å²) < 4.78 is 12.9. The number of carbonyl (C=O) groups excluding carboxylic acids is 2. The fraction of sp³-hybridized carbons (Fsp3) is 0.364. The molecule has 0 atom stereocenters. The molecule has 5 nitrogen and oxygen atoms in total. The number of urea groups is 1. The van der Waals surface area contributed by atoms with Gasteiger partial charge in [0.25, 0.3) is 5.91 Å². The summed E-state index contributed by atoms with van der Waals surface area (Å²) in [6, 6.07) is 11.4. The van der Waals surface area contributed by atoms with Crippen molar-refractivity contribution in [1.29, 1.82) is 0 Å². The van der Waals surface area contributed by atoms with Crippen LogP contribution in [0.15, 0.2) is 42.5 Å². The molecule has 1 saturated heterocycles. The fourth-order valence-corrected chi connectivity index (χ4v) is 4.00. The van der Waals surface area contributed by atoms with Gasteiger partial charge < -0.3 is 15.5 Å². The SMILES string of the molecule is O=C(Nc1ccc(F)cc1)NC1CCN(C(=O)c2ccc3c(c2)CCC3)CC1. The van der Waals surface area contributed by atoms with Gasteiger partial charge in [-0.2, -0.15) is 0 Å². The van der Waals surface area contributed by atoms with Gasteiger partial charge in [0.05, 0.1) is 0 Å². The molecule has 6 heteroatoms. The molecule has 2 aliphatic rings. The molecular weight excluding hydrogens is 357 g/mol. The average molecular weight is 381 g/mol. The number of hydrogen-bond donors (Lipinski definition) is 2. The topological polar surface area (TPSA) is 61.4 Å². The van der Waals surface area contributed by atoms with E-state index in [9.17, 15) is 14.0 Å². The van der Waals surface area contributed by atoms with Crippen LogP contribution in [0.2, 0.25) is 0 Å². The molecule has 2 aromatic carbocycles. The monoisotopic (exact) mass is 381 g/mol. The van der Waals surface area contributed by atoms with Gasteiger partial charge in [0.15, 0.2) is 0 Å². The summed E-state index contributed by atoms with van der Waals surface area (Å²) in [6.45, 7) is 1.24. The lowest BCUT2D eigenvalue weighted by molar-refractivity contribution is 0.0708. The quantitative estimate of drug-likeness (QED) is 0.851. The van der Waals surface area contributed by atoms with Gasteiger partial charge in [-0.15, -0.1) is 0 Å². The number of nitrogens with zero attached hydrogens (tertiary/aromatic N) is 1. The number of hydrogen-bond acceptors (Lipinski definition) is 2. The summed E-state index contributed by atoms with van der Waals surface area (Å²) in [6.07, 6.45) is 4.78.